The van der Waals surface area contributed by atoms with Crippen LogP contribution >= 0.6 is 0 Å². The second kappa shape index (κ2) is 16.0. The molecular weight excluding hydrogens is 626 g/mol. The lowest BCUT2D eigenvalue weighted by molar-refractivity contribution is 0.0990. The summed E-state index contributed by atoms with van der Waals surface area (Å²) in [6, 6.07) is 15.6. The molecule has 1 aromatic heterocycles. The zero-order valence-corrected chi connectivity index (χ0v) is 28.2. The number of fused-ring (bicyclic) bond motifs is 1. The van der Waals surface area contributed by atoms with Crippen LogP contribution in [-0.4, -0.2) is 103 Å². The number of aromatic nitrogens is 2. The monoisotopic (exact) mass is 667 g/mol. The Balaban J connectivity index is 1.23. The third-order valence-corrected chi connectivity index (χ3v) is 8.50. The van der Waals surface area contributed by atoms with Gasteiger partial charge in [0.1, 0.15) is 29.2 Å². The van der Waals surface area contributed by atoms with Crippen LogP contribution in [0.2, 0.25) is 0 Å². The first-order valence-electron chi connectivity index (χ1n) is 16.1. The molecule has 4 aromatic rings. The number of carbonyl (C=O) groups excluding carboxylic acids is 3. The van der Waals surface area contributed by atoms with Crippen molar-refractivity contribution in [3.05, 3.63) is 82.8 Å². The topological polar surface area (TPSA) is 153 Å². The Kier molecular flexibility index (Phi) is 11.3. The normalized spacial score (nSPS) is 13.3. The van der Waals surface area contributed by atoms with Crippen LogP contribution in [0.4, 0.5) is 11.4 Å². The van der Waals surface area contributed by atoms with Crippen LogP contribution in [0.3, 0.4) is 0 Å². The van der Waals surface area contributed by atoms with Gasteiger partial charge >= 0.3 is 0 Å². The number of nitrogens with zero attached hydrogens (tertiary/aromatic N) is 5. The van der Waals surface area contributed by atoms with Gasteiger partial charge in [-0.15, -0.1) is 0 Å². The van der Waals surface area contributed by atoms with Gasteiger partial charge in [-0.3, -0.25) is 9.59 Å². The molecule has 0 saturated carbocycles. The van der Waals surface area contributed by atoms with E-state index in [4.69, 9.17) is 14.7 Å². The van der Waals surface area contributed by atoms with Crippen molar-refractivity contribution in [2.45, 2.75) is 26.2 Å². The van der Waals surface area contributed by atoms with E-state index in [9.17, 15) is 14.4 Å². The number of hydrogen-bond donors (Lipinski definition) is 3. The Morgan fingerprint density at radius 1 is 1.10 bits per heavy atom. The summed E-state index contributed by atoms with van der Waals surface area (Å²) in [5.41, 5.74) is 4.35. The highest BCUT2D eigenvalue weighted by Crippen LogP contribution is 2.32. The van der Waals surface area contributed by atoms with E-state index in [0.29, 0.717) is 69.6 Å². The van der Waals surface area contributed by atoms with E-state index in [1.165, 1.54) is 12.0 Å². The zero-order chi connectivity index (χ0) is 34.9. The van der Waals surface area contributed by atoms with E-state index in [0.717, 1.165) is 50.8 Å². The molecule has 0 aliphatic carbocycles. The Hall–Kier alpha value is -5.65. The minimum atomic E-state index is -0.432. The third-order valence-electron chi connectivity index (χ3n) is 8.50. The van der Waals surface area contributed by atoms with Gasteiger partial charge in [0.05, 0.1) is 41.9 Å². The Morgan fingerprint density at radius 3 is 2.63 bits per heavy atom. The van der Waals surface area contributed by atoms with Crippen molar-refractivity contribution in [3.63, 3.8) is 0 Å². The molecule has 3 N–H and O–H groups in total. The van der Waals surface area contributed by atoms with Crippen LogP contribution < -0.4 is 19.7 Å². The number of oxime groups is 1. The molecule has 1 fully saturated rings. The summed E-state index contributed by atoms with van der Waals surface area (Å²) in [6.45, 7) is 5.91. The van der Waals surface area contributed by atoms with Gasteiger partial charge in [0.25, 0.3) is 11.8 Å². The van der Waals surface area contributed by atoms with Gasteiger partial charge in [0, 0.05) is 38.8 Å². The summed E-state index contributed by atoms with van der Waals surface area (Å²) in [6.07, 6.45) is 3.31. The Labute approximate surface area is 284 Å². The summed E-state index contributed by atoms with van der Waals surface area (Å²) in [4.78, 5) is 51.8. The van der Waals surface area contributed by atoms with Crippen LogP contribution in [-0.2, 0) is 4.79 Å². The van der Waals surface area contributed by atoms with E-state index >= 15 is 0 Å². The van der Waals surface area contributed by atoms with Gasteiger partial charge in [-0.1, -0.05) is 17.3 Å². The van der Waals surface area contributed by atoms with Crippen LogP contribution in [0.15, 0.2) is 65.5 Å². The number of rotatable bonds is 13. The number of piperazine rings is 1. The van der Waals surface area contributed by atoms with E-state index in [1.54, 1.807) is 43.4 Å². The van der Waals surface area contributed by atoms with Crippen molar-refractivity contribution in [3.8, 4) is 11.5 Å². The molecule has 0 atom stereocenters. The number of likely N-dealkylation sites (N-methyl/N-ethyl adjacent to an activating group) is 1. The largest absolute Gasteiger partial charge is 0.495 e. The summed E-state index contributed by atoms with van der Waals surface area (Å²) in [5.74, 6) is 2.59. The Bertz CT molecular complexity index is 1890. The number of benzene rings is 3. The van der Waals surface area contributed by atoms with Gasteiger partial charge in [-0.05, 0) is 81.3 Å². The lowest BCUT2D eigenvalue weighted by atomic mass is 10.1. The molecule has 13 heteroatoms. The highest BCUT2D eigenvalue weighted by atomic mass is 16.5. The number of H-pyrrole nitrogens is 1. The van der Waals surface area contributed by atoms with E-state index in [2.05, 4.69) is 43.2 Å². The summed E-state index contributed by atoms with van der Waals surface area (Å²) in [7, 11) is 5.22. The molecule has 49 heavy (non-hydrogen) atoms. The van der Waals surface area contributed by atoms with Crippen LogP contribution in [0, 0.1) is 6.92 Å². The number of allylic oxidation sites excluding steroid dienone is 1. The minimum absolute atomic E-state index is 0.294. The number of ether oxygens (including phenoxy) is 2. The number of imidazole rings is 1. The van der Waals surface area contributed by atoms with Crippen LogP contribution in [0.5, 0.6) is 11.5 Å². The molecule has 2 heterocycles. The van der Waals surface area contributed by atoms with Gasteiger partial charge < -0.3 is 39.7 Å². The predicted molar refractivity (Wildman–Crippen MR) is 188 cm³/mol. The number of nitrogens with one attached hydrogen (secondary N) is 2. The van der Waals surface area contributed by atoms with Crippen molar-refractivity contribution in [2.24, 2.45) is 5.16 Å². The number of unbranched alkanes of at least 4 members (excludes halogenated alkanes) is 1. The summed E-state index contributed by atoms with van der Waals surface area (Å²) >= 11 is 0. The number of carbonyl (C=O) groups is 2. The smallest absolute Gasteiger partial charge is 0.258 e. The van der Waals surface area contributed by atoms with E-state index in [-0.39, 0.29) is 5.91 Å². The van der Waals surface area contributed by atoms with Gasteiger partial charge in [0.15, 0.2) is 5.82 Å². The first-order chi connectivity index (χ1) is 23.7. The number of methoxy groups -OCH3 is 1. The molecule has 3 aromatic carbocycles. The minimum Gasteiger partial charge on any atom is -0.495 e. The first-order valence-corrected chi connectivity index (χ1v) is 16.1. The molecule has 0 unspecified atom stereocenters. The fraction of sp³-hybridized carbons (Fsp3) is 0.333. The highest BCUT2D eigenvalue weighted by Gasteiger charge is 2.21. The number of para-hydroxylation sites is 1. The van der Waals surface area contributed by atoms with Crippen molar-refractivity contribution in [1.29, 1.82) is 0 Å². The number of aromatic amines is 1. The molecule has 1 aliphatic rings. The van der Waals surface area contributed by atoms with Crippen molar-refractivity contribution >= 4 is 46.4 Å². The standard InChI is InChI=1S/C36H41N7O6/c1-24-11-14-30(32(20-24)49-19-6-5-8-26(23-44)43-17-15-41(2)16-18-43)42(3)36(46)25-12-13-28(31(21-25)48-4)39-35(45)27-9-7-10-29-34(27)40-33(38-29)22-37-47/h7,9-14,20-22,47H,5-6,8,15-19H2,1-4H3,(H,38,40)(H,39,45). The third kappa shape index (κ3) is 8.26. The maximum absolute atomic E-state index is 13.7. The van der Waals surface area contributed by atoms with Gasteiger partial charge in [-0.25, -0.2) is 9.78 Å². The second-order valence-electron chi connectivity index (χ2n) is 11.9. The molecule has 256 valence electrons. The molecule has 1 aliphatic heterocycles. The zero-order valence-electron chi connectivity index (χ0n) is 28.2. The quantitative estimate of drug-likeness (QED) is 0.0604. The predicted octanol–water partition coefficient (Wildman–Crippen LogP) is 4.73. The van der Waals surface area contributed by atoms with E-state index < -0.39 is 5.91 Å². The van der Waals surface area contributed by atoms with Crippen LogP contribution in [0.1, 0.15) is 51.4 Å². The maximum atomic E-state index is 13.7. The summed E-state index contributed by atoms with van der Waals surface area (Å²) < 4.78 is 11.7. The molecule has 0 radical (unpaired) electrons. The summed E-state index contributed by atoms with van der Waals surface area (Å²) in [5, 5.41) is 14.7. The van der Waals surface area contributed by atoms with Crippen molar-refractivity contribution in [1.82, 2.24) is 19.8 Å². The number of amides is 2. The first kappa shape index (κ1) is 34.7. The lowest BCUT2D eigenvalue weighted by Crippen LogP contribution is -2.44. The molecule has 13 nitrogen and oxygen atoms in total. The number of aryl methyl sites for hydroxylation is 1. The van der Waals surface area contributed by atoms with Gasteiger partial charge in [0.2, 0.25) is 0 Å². The highest BCUT2D eigenvalue weighted by molar-refractivity contribution is 6.13. The Morgan fingerprint density at radius 2 is 1.90 bits per heavy atom. The fourth-order valence-corrected chi connectivity index (χ4v) is 5.71. The molecule has 2 amide bonds. The molecule has 5 rings (SSSR count). The molecule has 1 saturated heterocycles. The SMILES string of the molecule is COc1cc(C(=O)N(C)c2ccc(C)cc2OCCCCC(=C=O)N2CCN(C)CC2)ccc1NC(=O)c1cccc2[nH]c(C=NO)nc12. The molecule has 0 spiro atoms. The average molecular weight is 668 g/mol. The number of hydrogen-bond acceptors (Lipinski definition) is 10. The fourth-order valence-electron chi connectivity index (χ4n) is 5.71. The average Bonchev–Trinajstić information content (AvgIpc) is 3.53. The van der Waals surface area contributed by atoms with Crippen molar-refractivity contribution in [2.75, 3.05) is 64.2 Å². The maximum Gasteiger partial charge on any atom is 0.258 e. The molecular formula is C36H41N7O6. The van der Waals surface area contributed by atoms with E-state index in [1.807, 2.05) is 25.1 Å². The van der Waals surface area contributed by atoms with Gasteiger partial charge in [-0.2, -0.15) is 0 Å². The second-order valence-corrected chi connectivity index (χ2v) is 11.9. The molecule has 0 bridgehead atoms. The lowest BCUT2D eigenvalue weighted by Gasteiger charge is -2.34. The van der Waals surface area contributed by atoms with Crippen LogP contribution in [0.25, 0.3) is 11.0 Å². The number of anilines is 2. The van der Waals surface area contributed by atoms with Crippen molar-refractivity contribution < 1.29 is 29.1 Å².